The predicted molar refractivity (Wildman–Crippen MR) is 102 cm³/mol. The number of benzene rings is 1. The fraction of sp³-hybridized carbons (Fsp3) is 0.500. The minimum atomic E-state index is 0.126. The lowest BCUT2D eigenvalue weighted by molar-refractivity contribution is 0.235. The number of hydrazine groups is 1. The first-order valence-corrected chi connectivity index (χ1v) is 9.44. The summed E-state index contributed by atoms with van der Waals surface area (Å²) < 4.78 is 1.67. The normalized spacial score (nSPS) is 23.6. The smallest absolute Gasteiger partial charge is 0.256 e. The van der Waals surface area contributed by atoms with Crippen LogP contribution < -0.4 is 16.4 Å². The van der Waals surface area contributed by atoms with Crippen molar-refractivity contribution in [1.29, 1.82) is 0 Å². The summed E-state index contributed by atoms with van der Waals surface area (Å²) in [6.45, 7) is 5.77. The Bertz CT molecular complexity index is 832. The lowest BCUT2D eigenvalue weighted by atomic mass is 9.94. The van der Waals surface area contributed by atoms with E-state index in [2.05, 4.69) is 51.1 Å². The van der Waals surface area contributed by atoms with Crippen molar-refractivity contribution in [2.24, 2.45) is 13.0 Å². The monoisotopic (exact) mass is 353 g/mol. The molecule has 0 aliphatic carbocycles. The van der Waals surface area contributed by atoms with Gasteiger partial charge < -0.3 is 4.90 Å². The Morgan fingerprint density at radius 2 is 1.96 bits per heavy atom. The molecule has 2 atom stereocenters. The Balaban J connectivity index is 1.47. The molecule has 0 saturated carbocycles. The molecule has 0 spiro atoms. The zero-order valence-corrected chi connectivity index (χ0v) is 15.5. The van der Waals surface area contributed by atoms with E-state index in [0.29, 0.717) is 12.0 Å². The van der Waals surface area contributed by atoms with E-state index in [9.17, 15) is 4.79 Å². The van der Waals surface area contributed by atoms with E-state index < -0.39 is 0 Å². The lowest BCUT2D eigenvalue weighted by Gasteiger charge is -2.26. The molecule has 1 aromatic heterocycles. The number of rotatable bonds is 3. The Morgan fingerprint density at radius 1 is 1.19 bits per heavy atom. The molecule has 2 aliphatic rings. The first kappa shape index (κ1) is 17.4. The fourth-order valence-electron chi connectivity index (χ4n) is 4.15. The summed E-state index contributed by atoms with van der Waals surface area (Å²) >= 11 is 0. The van der Waals surface area contributed by atoms with Crippen molar-refractivity contribution in [3.05, 3.63) is 63.3 Å². The van der Waals surface area contributed by atoms with Crippen LogP contribution in [0.25, 0.3) is 0 Å². The second-order valence-corrected chi connectivity index (χ2v) is 7.42. The molecule has 3 heterocycles. The third kappa shape index (κ3) is 3.32. The van der Waals surface area contributed by atoms with Crippen LogP contribution in [0.3, 0.4) is 0 Å². The summed E-state index contributed by atoms with van der Waals surface area (Å²) in [5, 5.41) is 0. The van der Waals surface area contributed by atoms with Gasteiger partial charge in [-0.3, -0.25) is 14.8 Å². The van der Waals surface area contributed by atoms with Gasteiger partial charge in [-0.05, 0) is 18.9 Å². The van der Waals surface area contributed by atoms with Crippen LogP contribution >= 0.6 is 0 Å². The van der Waals surface area contributed by atoms with E-state index >= 15 is 0 Å². The molecule has 4 rings (SSSR count). The summed E-state index contributed by atoms with van der Waals surface area (Å²) in [6, 6.07) is 11.0. The average Bonchev–Trinajstić information content (AvgIpc) is 3.02. The molecular formula is C20H27N5O. The van der Waals surface area contributed by atoms with Gasteiger partial charge in [0, 0.05) is 51.1 Å². The van der Waals surface area contributed by atoms with E-state index in [0.717, 1.165) is 56.1 Å². The van der Waals surface area contributed by atoms with Crippen molar-refractivity contribution in [3.63, 3.8) is 0 Å². The van der Waals surface area contributed by atoms with Crippen molar-refractivity contribution in [2.45, 2.75) is 25.8 Å². The van der Waals surface area contributed by atoms with Crippen LogP contribution in [0, 0.1) is 12.8 Å². The van der Waals surface area contributed by atoms with Crippen molar-refractivity contribution in [3.8, 4) is 0 Å². The van der Waals surface area contributed by atoms with Crippen molar-refractivity contribution >= 4 is 0 Å². The zero-order chi connectivity index (χ0) is 18.1. The van der Waals surface area contributed by atoms with E-state index in [4.69, 9.17) is 0 Å². The van der Waals surface area contributed by atoms with Crippen LogP contribution in [-0.2, 0) is 19.9 Å². The molecule has 2 unspecified atom stereocenters. The van der Waals surface area contributed by atoms with Crippen molar-refractivity contribution < 1.29 is 0 Å². The number of aryl methyl sites for hydroxylation is 1. The highest BCUT2D eigenvalue weighted by molar-refractivity contribution is 5.22. The number of fused-ring (bicyclic) bond motifs is 1. The fourth-order valence-corrected chi connectivity index (χ4v) is 4.15. The van der Waals surface area contributed by atoms with Gasteiger partial charge in [0.25, 0.3) is 5.56 Å². The van der Waals surface area contributed by atoms with Gasteiger partial charge in [0.2, 0.25) is 0 Å². The average molecular weight is 353 g/mol. The zero-order valence-electron chi connectivity index (χ0n) is 15.5. The molecule has 1 fully saturated rings. The number of hydrogen-bond donors (Lipinski definition) is 2. The van der Waals surface area contributed by atoms with Crippen LogP contribution in [0.1, 0.15) is 28.7 Å². The van der Waals surface area contributed by atoms with Gasteiger partial charge in [-0.25, -0.2) is 10.4 Å². The molecule has 2 N–H and O–H groups in total. The maximum absolute atomic E-state index is 12.6. The molecule has 2 aromatic rings. The SMILES string of the molecule is Cc1nc2c(c(=O)n1C)CCN(CC1CNNC1c1ccccc1)CC2. The van der Waals surface area contributed by atoms with E-state index in [1.165, 1.54) is 5.56 Å². The molecule has 138 valence electrons. The largest absolute Gasteiger partial charge is 0.302 e. The Kier molecular flexibility index (Phi) is 4.89. The van der Waals surface area contributed by atoms with Crippen molar-refractivity contribution in [2.75, 3.05) is 26.2 Å². The van der Waals surface area contributed by atoms with Crippen LogP contribution in [0.2, 0.25) is 0 Å². The lowest BCUT2D eigenvalue weighted by Crippen LogP contribution is -2.35. The van der Waals surface area contributed by atoms with Crippen LogP contribution in [0.5, 0.6) is 0 Å². The molecule has 6 heteroatoms. The van der Waals surface area contributed by atoms with Gasteiger partial charge in [-0.15, -0.1) is 0 Å². The molecule has 0 bridgehead atoms. The van der Waals surface area contributed by atoms with E-state index in [-0.39, 0.29) is 5.56 Å². The van der Waals surface area contributed by atoms with Gasteiger partial charge in [0.1, 0.15) is 5.82 Å². The highest BCUT2D eigenvalue weighted by Gasteiger charge is 2.30. The molecular weight excluding hydrogens is 326 g/mol. The summed E-state index contributed by atoms with van der Waals surface area (Å²) in [5.74, 6) is 1.31. The predicted octanol–water partition coefficient (Wildman–Crippen LogP) is 0.955. The van der Waals surface area contributed by atoms with Gasteiger partial charge in [0.15, 0.2) is 0 Å². The highest BCUT2D eigenvalue weighted by atomic mass is 16.1. The summed E-state index contributed by atoms with van der Waals surface area (Å²) in [4.78, 5) is 19.7. The van der Waals surface area contributed by atoms with Gasteiger partial charge in [-0.2, -0.15) is 0 Å². The maximum Gasteiger partial charge on any atom is 0.256 e. The Morgan fingerprint density at radius 3 is 2.77 bits per heavy atom. The van der Waals surface area contributed by atoms with E-state index in [1.54, 1.807) is 4.57 Å². The second kappa shape index (κ2) is 7.31. The van der Waals surface area contributed by atoms with Crippen molar-refractivity contribution in [1.82, 2.24) is 25.3 Å². The molecule has 1 saturated heterocycles. The summed E-state index contributed by atoms with van der Waals surface area (Å²) in [7, 11) is 1.81. The van der Waals surface area contributed by atoms with Gasteiger partial charge in [-0.1, -0.05) is 30.3 Å². The van der Waals surface area contributed by atoms with Crippen LogP contribution in [-0.4, -0.2) is 40.6 Å². The highest BCUT2D eigenvalue weighted by Crippen LogP contribution is 2.26. The third-order valence-electron chi connectivity index (χ3n) is 5.78. The number of nitrogens with zero attached hydrogens (tertiary/aromatic N) is 3. The first-order chi connectivity index (χ1) is 12.6. The maximum atomic E-state index is 12.6. The molecule has 6 nitrogen and oxygen atoms in total. The van der Waals surface area contributed by atoms with Gasteiger partial charge in [0.05, 0.1) is 11.7 Å². The van der Waals surface area contributed by atoms with E-state index in [1.807, 2.05) is 14.0 Å². The number of hydrogen-bond acceptors (Lipinski definition) is 5. The number of nitrogens with one attached hydrogen (secondary N) is 2. The Labute approximate surface area is 154 Å². The summed E-state index contributed by atoms with van der Waals surface area (Å²) in [6.07, 6.45) is 1.65. The topological polar surface area (TPSA) is 62.2 Å². The molecule has 1 aromatic carbocycles. The van der Waals surface area contributed by atoms with Crippen LogP contribution in [0.15, 0.2) is 35.1 Å². The van der Waals surface area contributed by atoms with Crippen LogP contribution in [0.4, 0.5) is 0 Å². The minimum Gasteiger partial charge on any atom is -0.302 e. The quantitative estimate of drug-likeness (QED) is 0.861. The Hall–Kier alpha value is -2.02. The summed E-state index contributed by atoms with van der Waals surface area (Å²) in [5.41, 5.74) is 10.1. The molecule has 0 radical (unpaired) electrons. The number of aromatic nitrogens is 2. The second-order valence-electron chi connectivity index (χ2n) is 7.42. The minimum absolute atomic E-state index is 0.126. The third-order valence-corrected chi connectivity index (χ3v) is 5.78. The standard InChI is InChI=1S/C20H27N5O/c1-14-22-18-9-11-25(10-8-17(18)20(26)24(14)2)13-16-12-21-23-19(16)15-6-4-3-5-7-15/h3-7,16,19,21,23H,8-13H2,1-2H3. The molecule has 0 amide bonds. The molecule has 26 heavy (non-hydrogen) atoms. The molecule has 2 aliphatic heterocycles. The first-order valence-electron chi connectivity index (χ1n) is 9.44. The van der Waals surface area contributed by atoms with Gasteiger partial charge >= 0.3 is 0 Å².